The lowest BCUT2D eigenvalue weighted by Crippen LogP contribution is -2.50. The predicted octanol–water partition coefficient (Wildman–Crippen LogP) is 1.47. The second-order valence-electron chi connectivity index (χ2n) is 4.11. The summed E-state index contributed by atoms with van der Waals surface area (Å²) in [6.45, 7) is 7.38. The van der Waals surface area contributed by atoms with E-state index in [1.807, 2.05) is 20.8 Å². The molecule has 0 fully saturated rings. The minimum Gasteiger partial charge on any atom is -0.369 e. The van der Waals surface area contributed by atoms with Crippen LogP contribution in [0, 0.1) is 17.2 Å². The van der Waals surface area contributed by atoms with Gasteiger partial charge in [0.2, 0.25) is 0 Å². The van der Waals surface area contributed by atoms with Gasteiger partial charge in [-0.15, -0.1) is 0 Å². The van der Waals surface area contributed by atoms with Crippen molar-refractivity contribution in [3.05, 3.63) is 0 Å². The number of ether oxygens (including phenoxy) is 1. The number of nitrogens with one attached hydrogen (secondary N) is 1. The Morgan fingerprint density at radius 3 is 2.40 bits per heavy atom. The molecule has 1 N–H and O–H groups in total. The zero-order chi connectivity index (χ0) is 12.1. The van der Waals surface area contributed by atoms with Crippen LogP contribution in [0.5, 0.6) is 0 Å². The van der Waals surface area contributed by atoms with E-state index in [0.29, 0.717) is 6.42 Å². The molecule has 0 rings (SSSR count). The van der Waals surface area contributed by atoms with Crippen LogP contribution in [0.2, 0.25) is 0 Å². The fourth-order valence-corrected chi connectivity index (χ4v) is 1.04. The number of carbonyl (C=O) groups excluding carboxylic acids is 1. The van der Waals surface area contributed by atoms with Gasteiger partial charge in [0.1, 0.15) is 11.6 Å². The fraction of sp³-hybridized carbons (Fsp3) is 0.818. The number of nitrogens with zero attached hydrogens (tertiary/aromatic N) is 1. The molecule has 0 radical (unpaired) electrons. The van der Waals surface area contributed by atoms with Crippen molar-refractivity contribution in [2.24, 2.45) is 5.92 Å². The van der Waals surface area contributed by atoms with Gasteiger partial charge in [0, 0.05) is 7.11 Å². The molecule has 0 aromatic rings. The van der Waals surface area contributed by atoms with Crippen molar-refractivity contribution < 1.29 is 9.53 Å². The molecule has 0 aliphatic rings. The lowest BCUT2D eigenvalue weighted by molar-refractivity contribution is -0.142. The predicted molar refractivity (Wildman–Crippen MR) is 58.1 cm³/mol. The molecule has 4 nitrogen and oxygen atoms in total. The zero-order valence-corrected chi connectivity index (χ0v) is 10.1. The summed E-state index contributed by atoms with van der Waals surface area (Å²) < 4.78 is 5.15. The molecule has 0 saturated heterocycles. The van der Waals surface area contributed by atoms with Gasteiger partial charge >= 0.3 is 0 Å². The summed E-state index contributed by atoms with van der Waals surface area (Å²) in [7, 11) is 1.50. The Balaban J connectivity index is 4.54. The zero-order valence-electron chi connectivity index (χ0n) is 10.1. The third-order valence-corrected chi connectivity index (χ3v) is 2.70. The maximum Gasteiger partial charge on any atom is 0.252 e. The molecule has 0 heterocycles. The number of nitriles is 1. The van der Waals surface area contributed by atoms with Crippen LogP contribution in [0.1, 0.15) is 34.1 Å². The SMILES string of the molecule is CCC(C)(OC)C(=O)NC(C#N)C(C)C. The van der Waals surface area contributed by atoms with Crippen molar-refractivity contribution >= 4 is 5.91 Å². The molecule has 86 valence electrons. The number of carbonyl (C=O) groups is 1. The number of methoxy groups -OCH3 is 1. The van der Waals surface area contributed by atoms with Crippen LogP contribution in [0.15, 0.2) is 0 Å². The van der Waals surface area contributed by atoms with E-state index in [1.54, 1.807) is 6.92 Å². The van der Waals surface area contributed by atoms with Crippen LogP contribution in [0.25, 0.3) is 0 Å². The van der Waals surface area contributed by atoms with Crippen molar-refractivity contribution in [2.75, 3.05) is 7.11 Å². The Bertz CT molecular complexity index is 252. The number of rotatable bonds is 5. The smallest absolute Gasteiger partial charge is 0.252 e. The normalized spacial score (nSPS) is 16.6. The first kappa shape index (κ1) is 13.9. The van der Waals surface area contributed by atoms with E-state index in [4.69, 9.17) is 10.00 Å². The minimum absolute atomic E-state index is 0.0944. The summed E-state index contributed by atoms with van der Waals surface area (Å²) in [5.41, 5.74) is -0.843. The fourth-order valence-electron chi connectivity index (χ4n) is 1.04. The highest BCUT2D eigenvalue weighted by Gasteiger charge is 2.32. The number of amides is 1. The van der Waals surface area contributed by atoms with E-state index >= 15 is 0 Å². The van der Waals surface area contributed by atoms with Crippen molar-refractivity contribution in [3.63, 3.8) is 0 Å². The Morgan fingerprint density at radius 2 is 2.13 bits per heavy atom. The van der Waals surface area contributed by atoms with Crippen molar-refractivity contribution in [1.82, 2.24) is 5.32 Å². The van der Waals surface area contributed by atoms with Gasteiger partial charge in [0.25, 0.3) is 5.91 Å². The van der Waals surface area contributed by atoms with Gasteiger partial charge in [0.05, 0.1) is 6.07 Å². The van der Waals surface area contributed by atoms with Gasteiger partial charge in [-0.05, 0) is 19.3 Å². The highest BCUT2D eigenvalue weighted by molar-refractivity contribution is 5.85. The molecule has 0 bridgehead atoms. The lowest BCUT2D eigenvalue weighted by atomic mass is 9.99. The summed E-state index contributed by atoms with van der Waals surface area (Å²) in [5.74, 6) is -0.135. The highest BCUT2D eigenvalue weighted by Crippen LogP contribution is 2.15. The van der Waals surface area contributed by atoms with E-state index in [-0.39, 0.29) is 11.8 Å². The average molecular weight is 212 g/mol. The van der Waals surface area contributed by atoms with E-state index in [9.17, 15) is 4.79 Å². The standard InChI is InChI=1S/C11H20N2O2/c1-6-11(4,15-5)10(14)13-9(7-12)8(2)3/h8-9H,6H2,1-5H3,(H,13,14). The number of hydrogen-bond acceptors (Lipinski definition) is 3. The Hall–Kier alpha value is -1.08. The molecule has 1 amide bonds. The third kappa shape index (κ3) is 3.52. The molecule has 4 heteroatoms. The van der Waals surface area contributed by atoms with E-state index in [2.05, 4.69) is 11.4 Å². The van der Waals surface area contributed by atoms with E-state index < -0.39 is 11.6 Å². The van der Waals surface area contributed by atoms with Gasteiger partial charge in [-0.1, -0.05) is 20.8 Å². The minimum atomic E-state index is -0.843. The molecule has 2 atom stereocenters. The second kappa shape index (κ2) is 5.72. The topological polar surface area (TPSA) is 62.1 Å². The summed E-state index contributed by atoms with van der Waals surface area (Å²) in [5, 5.41) is 11.5. The van der Waals surface area contributed by atoms with Gasteiger partial charge in [0.15, 0.2) is 0 Å². The summed E-state index contributed by atoms with van der Waals surface area (Å²) in [4.78, 5) is 11.8. The Labute approximate surface area is 91.6 Å². The van der Waals surface area contributed by atoms with Crippen molar-refractivity contribution in [2.45, 2.75) is 45.8 Å². The molecule has 15 heavy (non-hydrogen) atoms. The van der Waals surface area contributed by atoms with Crippen LogP contribution in [-0.2, 0) is 9.53 Å². The molecule has 0 aliphatic carbocycles. The Morgan fingerprint density at radius 1 is 1.60 bits per heavy atom. The first-order chi connectivity index (χ1) is 6.91. The molecule has 0 spiro atoms. The van der Waals surface area contributed by atoms with Gasteiger partial charge in [-0.3, -0.25) is 4.79 Å². The molecular weight excluding hydrogens is 192 g/mol. The second-order valence-corrected chi connectivity index (χ2v) is 4.11. The van der Waals surface area contributed by atoms with Crippen molar-refractivity contribution in [3.8, 4) is 6.07 Å². The van der Waals surface area contributed by atoms with E-state index in [1.165, 1.54) is 7.11 Å². The molecule has 0 aliphatic heterocycles. The molecule has 0 aromatic heterocycles. The summed E-state index contributed by atoms with van der Waals surface area (Å²) in [6, 6.07) is 1.61. The third-order valence-electron chi connectivity index (χ3n) is 2.70. The molecule has 0 aromatic carbocycles. The van der Waals surface area contributed by atoms with Crippen LogP contribution in [0.4, 0.5) is 0 Å². The van der Waals surface area contributed by atoms with Crippen LogP contribution >= 0.6 is 0 Å². The number of hydrogen-bond donors (Lipinski definition) is 1. The van der Waals surface area contributed by atoms with Crippen LogP contribution in [0.3, 0.4) is 0 Å². The quantitative estimate of drug-likeness (QED) is 0.750. The summed E-state index contributed by atoms with van der Waals surface area (Å²) in [6.07, 6.45) is 0.575. The largest absolute Gasteiger partial charge is 0.369 e. The lowest BCUT2D eigenvalue weighted by Gasteiger charge is -2.27. The maximum absolute atomic E-state index is 11.8. The molecule has 0 saturated carbocycles. The van der Waals surface area contributed by atoms with Crippen LogP contribution in [-0.4, -0.2) is 24.7 Å². The Kier molecular flexibility index (Phi) is 5.31. The highest BCUT2D eigenvalue weighted by atomic mass is 16.5. The first-order valence-electron chi connectivity index (χ1n) is 5.17. The van der Waals surface area contributed by atoms with E-state index in [0.717, 1.165) is 0 Å². The van der Waals surface area contributed by atoms with Gasteiger partial charge in [-0.25, -0.2) is 0 Å². The average Bonchev–Trinajstić information content (AvgIpc) is 2.23. The van der Waals surface area contributed by atoms with Crippen LogP contribution < -0.4 is 5.32 Å². The monoisotopic (exact) mass is 212 g/mol. The van der Waals surface area contributed by atoms with Gasteiger partial charge in [-0.2, -0.15) is 5.26 Å². The molecular formula is C11H20N2O2. The van der Waals surface area contributed by atoms with Crippen molar-refractivity contribution in [1.29, 1.82) is 5.26 Å². The molecule has 2 unspecified atom stereocenters. The first-order valence-corrected chi connectivity index (χ1v) is 5.17. The maximum atomic E-state index is 11.8. The summed E-state index contributed by atoms with van der Waals surface area (Å²) >= 11 is 0. The van der Waals surface area contributed by atoms with Gasteiger partial charge < -0.3 is 10.1 Å².